The van der Waals surface area contributed by atoms with Crippen molar-refractivity contribution in [3.63, 3.8) is 0 Å². The molecule has 0 aromatic rings. The highest BCUT2D eigenvalue weighted by Crippen LogP contribution is 2.10. The fourth-order valence-electron chi connectivity index (χ4n) is 4.17. The van der Waals surface area contributed by atoms with Gasteiger partial charge in [-0.2, -0.15) is 0 Å². The number of carbonyl (C=O) groups is 2. The van der Waals surface area contributed by atoms with Crippen LogP contribution in [0, 0.1) is 0 Å². The van der Waals surface area contributed by atoms with Gasteiger partial charge in [-0.05, 0) is 77.0 Å². The number of ether oxygens (including phenoxy) is 2. The smallest absolute Gasteiger partial charge is 0.306 e. The molecule has 0 spiro atoms. The van der Waals surface area contributed by atoms with Crippen LogP contribution in [0.5, 0.6) is 0 Å². The van der Waals surface area contributed by atoms with Crippen LogP contribution in [-0.4, -0.2) is 36.4 Å². The van der Waals surface area contributed by atoms with Crippen molar-refractivity contribution in [2.24, 2.45) is 0 Å². The molecule has 0 fully saturated rings. The summed E-state index contributed by atoms with van der Waals surface area (Å²) < 4.78 is 10.5. The Bertz CT molecular complexity index is 818. The number of carbonyl (C=O) groups excluding carboxylic acids is 2. The lowest BCUT2D eigenvalue weighted by molar-refractivity contribution is -0.161. The van der Waals surface area contributed by atoms with Gasteiger partial charge in [0, 0.05) is 12.8 Å². The van der Waals surface area contributed by atoms with E-state index in [9.17, 15) is 14.7 Å². The summed E-state index contributed by atoms with van der Waals surface area (Å²) in [5, 5.41) is 9.50. The Labute approximate surface area is 263 Å². The second-order valence-corrected chi connectivity index (χ2v) is 10.9. The molecule has 0 aliphatic rings. The molecule has 0 bridgehead atoms. The highest BCUT2D eigenvalue weighted by atomic mass is 16.6. The fourth-order valence-corrected chi connectivity index (χ4v) is 4.17. The molecule has 0 heterocycles. The lowest BCUT2D eigenvalue weighted by Crippen LogP contribution is -2.28. The molecule has 0 aliphatic carbocycles. The van der Waals surface area contributed by atoms with Crippen molar-refractivity contribution < 1.29 is 24.2 Å². The van der Waals surface area contributed by atoms with Crippen molar-refractivity contribution in [2.75, 3.05) is 13.2 Å². The SMILES string of the molecule is CC/C=C\C/C=C\C/C=C\C/C=C\C/C=C\CCCC(=O)OC(CO)COC(=O)CCCCCCC/C=C\CCCCC. The van der Waals surface area contributed by atoms with Crippen molar-refractivity contribution in [3.8, 4) is 0 Å². The summed E-state index contributed by atoms with van der Waals surface area (Å²) in [6, 6.07) is 0. The van der Waals surface area contributed by atoms with Gasteiger partial charge in [0.2, 0.25) is 0 Å². The predicted molar refractivity (Wildman–Crippen MR) is 182 cm³/mol. The van der Waals surface area contributed by atoms with E-state index < -0.39 is 6.10 Å². The average molecular weight is 599 g/mol. The molecular weight excluding hydrogens is 536 g/mol. The second-order valence-electron chi connectivity index (χ2n) is 10.9. The zero-order chi connectivity index (χ0) is 31.5. The predicted octanol–water partition coefficient (Wildman–Crippen LogP) is 10.2. The van der Waals surface area contributed by atoms with Crippen LogP contribution in [-0.2, 0) is 19.1 Å². The number of hydrogen-bond donors (Lipinski definition) is 1. The first kappa shape index (κ1) is 40.3. The average Bonchev–Trinajstić information content (AvgIpc) is 3.01. The topological polar surface area (TPSA) is 72.8 Å². The van der Waals surface area contributed by atoms with Crippen LogP contribution < -0.4 is 0 Å². The van der Waals surface area contributed by atoms with Crippen LogP contribution in [0.15, 0.2) is 72.9 Å². The summed E-state index contributed by atoms with van der Waals surface area (Å²) in [7, 11) is 0. The second kappa shape index (κ2) is 33.8. The number of esters is 2. The molecule has 0 rings (SSSR count). The van der Waals surface area contributed by atoms with Gasteiger partial charge in [-0.1, -0.05) is 119 Å². The molecule has 0 aromatic carbocycles. The Morgan fingerprint density at radius 3 is 1.60 bits per heavy atom. The Hall–Kier alpha value is -2.66. The van der Waals surface area contributed by atoms with E-state index in [-0.39, 0.29) is 31.6 Å². The molecule has 5 nitrogen and oxygen atoms in total. The van der Waals surface area contributed by atoms with Crippen LogP contribution >= 0.6 is 0 Å². The van der Waals surface area contributed by atoms with Gasteiger partial charge < -0.3 is 14.6 Å². The molecule has 5 heteroatoms. The van der Waals surface area contributed by atoms with Crippen molar-refractivity contribution in [3.05, 3.63) is 72.9 Å². The molecule has 1 unspecified atom stereocenters. The number of allylic oxidation sites excluding steroid dienone is 12. The molecule has 43 heavy (non-hydrogen) atoms. The number of aliphatic hydroxyl groups is 1. The van der Waals surface area contributed by atoms with E-state index in [1.807, 2.05) is 0 Å². The van der Waals surface area contributed by atoms with Gasteiger partial charge in [-0.3, -0.25) is 9.59 Å². The lowest BCUT2D eigenvalue weighted by atomic mass is 10.1. The summed E-state index contributed by atoms with van der Waals surface area (Å²) >= 11 is 0. The first-order chi connectivity index (χ1) is 21.1. The number of hydrogen-bond acceptors (Lipinski definition) is 5. The van der Waals surface area contributed by atoms with E-state index >= 15 is 0 Å². The van der Waals surface area contributed by atoms with E-state index in [2.05, 4.69) is 86.8 Å². The van der Waals surface area contributed by atoms with Gasteiger partial charge in [-0.25, -0.2) is 0 Å². The van der Waals surface area contributed by atoms with Crippen molar-refractivity contribution in [1.82, 2.24) is 0 Å². The molecular formula is C38H62O5. The number of rotatable bonds is 29. The number of aliphatic hydroxyl groups excluding tert-OH is 1. The maximum atomic E-state index is 12.1. The maximum absolute atomic E-state index is 12.1. The standard InChI is InChI=1S/C38H62O5/c1-3-5-7-9-11-13-15-17-18-19-20-21-23-25-27-29-31-33-38(41)43-36(34-39)35-42-37(40)32-30-28-26-24-22-16-14-12-10-8-6-4-2/h5,7,11-14,17-18,20-21,25,27,36,39H,3-4,6,8-10,15-16,19,22-24,26,28-35H2,1-2H3/b7-5-,13-11-,14-12-,18-17-,21-20-,27-25-. The zero-order valence-corrected chi connectivity index (χ0v) is 27.4. The molecule has 0 saturated carbocycles. The minimum absolute atomic E-state index is 0.0968. The Balaban J connectivity index is 3.75. The van der Waals surface area contributed by atoms with Crippen molar-refractivity contribution in [2.45, 2.75) is 142 Å². The summed E-state index contributed by atoms with van der Waals surface area (Å²) in [6.45, 7) is 3.91. The Morgan fingerprint density at radius 1 is 0.558 bits per heavy atom. The first-order valence-electron chi connectivity index (χ1n) is 17.0. The molecule has 244 valence electrons. The van der Waals surface area contributed by atoms with Gasteiger partial charge in [0.25, 0.3) is 0 Å². The summed E-state index contributed by atoms with van der Waals surface area (Å²) in [6.07, 6.45) is 43.8. The largest absolute Gasteiger partial charge is 0.462 e. The van der Waals surface area contributed by atoms with Gasteiger partial charge in [0.1, 0.15) is 6.61 Å². The third-order valence-corrected chi connectivity index (χ3v) is 6.73. The Kier molecular flexibility index (Phi) is 31.7. The molecule has 1 atom stereocenters. The summed E-state index contributed by atoms with van der Waals surface area (Å²) in [5.41, 5.74) is 0. The molecule has 1 N–H and O–H groups in total. The quantitative estimate of drug-likeness (QED) is 0.0527. The highest BCUT2D eigenvalue weighted by molar-refractivity contribution is 5.70. The van der Waals surface area contributed by atoms with E-state index in [1.54, 1.807) is 0 Å². The molecule has 0 radical (unpaired) electrons. The fraction of sp³-hybridized carbons (Fsp3) is 0.632. The zero-order valence-electron chi connectivity index (χ0n) is 27.4. The van der Waals surface area contributed by atoms with Gasteiger partial charge in [0.05, 0.1) is 6.61 Å². The van der Waals surface area contributed by atoms with Gasteiger partial charge in [-0.15, -0.1) is 0 Å². The normalized spacial score (nSPS) is 13.1. The van der Waals surface area contributed by atoms with Crippen LogP contribution in [0.25, 0.3) is 0 Å². The van der Waals surface area contributed by atoms with E-state index in [0.717, 1.165) is 64.2 Å². The van der Waals surface area contributed by atoms with E-state index in [4.69, 9.17) is 9.47 Å². The molecule has 0 aromatic heterocycles. The van der Waals surface area contributed by atoms with Crippen LogP contribution in [0.3, 0.4) is 0 Å². The van der Waals surface area contributed by atoms with Crippen molar-refractivity contribution in [1.29, 1.82) is 0 Å². The van der Waals surface area contributed by atoms with Crippen molar-refractivity contribution >= 4 is 11.9 Å². The van der Waals surface area contributed by atoms with E-state index in [1.165, 1.54) is 38.5 Å². The van der Waals surface area contributed by atoms with Crippen LogP contribution in [0.2, 0.25) is 0 Å². The minimum Gasteiger partial charge on any atom is -0.462 e. The van der Waals surface area contributed by atoms with Crippen LogP contribution in [0.4, 0.5) is 0 Å². The molecule has 0 amide bonds. The summed E-state index contributed by atoms with van der Waals surface area (Å²) in [4.78, 5) is 24.1. The monoisotopic (exact) mass is 598 g/mol. The third-order valence-electron chi connectivity index (χ3n) is 6.73. The van der Waals surface area contributed by atoms with E-state index in [0.29, 0.717) is 12.8 Å². The van der Waals surface area contributed by atoms with Gasteiger partial charge in [0.15, 0.2) is 6.10 Å². The lowest BCUT2D eigenvalue weighted by Gasteiger charge is -2.15. The van der Waals surface area contributed by atoms with Gasteiger partial charge >= 0.3 is 11.9 Å². The summed E-state index contributed by atoms with van der Waals surface area (Å²) in [5.74, 6) is -0.679. The highest BCUT2D eigenvalue weighted by Gasteiger charge is 2.15. The third kappa shape index (κ3) is 32.1. The molecule has 0 saturated heterocycles. The molecule has 0 aliphatic heterocycles. The number of unbranched alkanes of at least 4 members (excludes halogenated alkanes) is 9. The first-order valence-corrected chi connectivity index (χ1v) is 17.0. The maximum Gasteiger partial charge on any atom is 0.306 e. The minimum atomic E-state index is -0.805. The Morgan fingerprint density at radius 2 is 1.02 bits per heavy atom. The van der Waals surface area contributed by atoms with Crippen LogP contribution in [0.1, 0.15) is 136 Å².